The lowest BCUT2D eigenvalue weighted by Gasteiger charge is -2.37. The van der Waals surface area contributed by atoms with Gasteiger partial charge in [-0.25, -0.2) is 0 Å². The lowest BCUT2D eigenvalue weighted by Crippen LogP contribution is -2.44. The van der Waals surface area contributed by atoms with E-state index in [1.165, 1.54) is 0 Å². The Hall–Kier alpha value is -0.673. The molecule has 96 valence electrons. The highest BCUT2D eigenvalue weighted by Gasteiger charge is 2.39. The van der Waals surface area contributed by atoms with Crippen LogP contribution in [0.2, 0.25) is 23.2 Å². The summed E-state index contributed by atoms with van der Waals surface area (Å²) in [6.07, 6.45) is 0. The second-order valence-corrected chi connectivity index (χ2v) is 11.1. The SMILES string of the molecule is Cc1c(O[Si](C)(C)C(C)(C)C)ccc(Cl)c1N. The van der Waals surface area contributed by atoms with Crippen LogP contribution in [0.25, 0.3) is 0 Å². The summed E-state index contributed by atoms with van der Waals surface area (Å²) < 4.78 is 6.23. The fourth-order valence-electron chi connectivity index (χ4n) is 1.21. The molecule has 1 aromatic carbocycles. The molecule has 1 aromatic rings. The molecule has 0 spiro atoms. The summed E-state index contributed by atoms with van der Waals surface area (Å²) in [5, 5.41) is 0.762. The fraction of sp³-hybridized carbons (Fsp3) is 0.538. The lowest BCUT2D eigenvalue weighted by molar-refractivity contribution is 0.489. The summed E-state index contributed by atoms with van der Waals surface area (Å²) in [7, 11) is -1.82. The first-order valence-electron chi connectivity index (χ1n) is 5.80. The summed E-state index contributed by atoms with van der Waals surface area (Å²) in [6.45, 7) is 13.0. The molecular formula is C13H22ClNOSi. The molecular weight excluding hydrogens is 250 g/mol. The van der Waals surface area contributed by atoms with Crippen LogP contribution >= 0.6 is 11.6 Å². The first kappa shape index (κ1) is 14.4. The summed E-state index contributed by atoms with van der Waals surface area (Å²) in [6, 6.07) is 3.71. The molecule has 0 fully saturated rings. The van der Waals surface area contributed by atoms with Gasteiger partial charge in [-0.05, 0) is 37.2 Å². The van der Waals surface area contributed by atoms with E-state index in [-0.39, 0.29) is 5.04 Å². The number of rotatable bonds is 2. The van der Waals surface area contributed by atoms with Crippen LogP contribution in [0.4, 0.5) is 5.69 Å². The van der Waals surface area contributed by atoms with Gasteiger partial charge in [0.05, 0.1) is 10.7 Å². The third kappa shape index (κ3) is 2.96. The highest BCUT2D eigenvalue weighted by Crippen LogP contribution is 2.39. The van der Waals surface area contributed by atoms with Gasteiger partial charge in [0.2, 0.25) is 8.32 Å². The maximum absolute atomic E-state index is 6.23. The van der Waals surface area contributed by atoms with Crippen LogP contribution in [0.1, 0.15) is 26.3 Å². The first-order chi connectivity index (χ1) is 7.56. The Morgan fingerprint density at radius 1 is 1.24 bits per heavy atom. The molecule has 0 unspecified atom stereocenters. The molecule has 0 saturated carbocycles. The van der Waals surface area contributed by atoms with Gasteiger partial charge in [-0.1, -0.05) is 32.4 Å². The largest absolute Gasteiger partial charge is 0.543 e. The standard InChI is InChI=1S/C13H22ClNOSi/c1-9-11(8-7-10(14)12(9)15)16-17(5,6)13(2,3)4/h7-8H,15H2,1-6H3. The number of hydrogen-bond acceptors (Lipinski definition) is 2. The van der Waals surface area contributed by atoms with E-state index >= 15 is 0 Å². The van der Waals surface area contributed by atoms with Crippen molar-refractivity contribution in [3.05, 3.63) is 22.7 Å². The van der Waals surface area contributed by atoms with Crippen LogP contribution in [-0.4, -0.2) is 8.32 Å². The Labute approximate surface area is 110 Å². The fourth-order valence-corrected chi connectivity index (χ4v) is 2.50. The minimum atomic E-state index is -1.82. The van der Waals surface area contributed by atoms with Gasteiger partial charge in [0.1, 0.15) is 5.75 Å². The predicted octanol–water partition coefficient (Wildman–Crippen LogP) is 4.61. The highest BCUT2D eigenvalue weighted by molar-refractivity contribution is 6.74. The van der Waals surface area contributed by atoms with Crippen LogP contribution in [0.5, 0.6) is 5.75 Å². The zero-order chi connectivity index (χ0) is 13.4. The van der Waals surface area contributed by atoms with Crippen molar-refractivity contribution in [2.45, 2.75) is 45.8 Å². The summed E-state index contributed by atoms with van der Waals surface area (Å²) in [4.78, 5) is 0. The Morgan fingerprint density at radius 2 is 1.76 bits per heavy atom. The minimum absolute atomic E-state index is 0.174. The van der Waals surface area contributed by atoms with Gasteiger partial charge >= 0.3 is 0 Å². The van der Waals surface area contributed by atoms with Gasteiger partial charge in [0.15, 0.2) is 0 Å². The quantitative estimate of drug-likeness (QED) is 0.629. The van der Waals surface area contributed by atoms with E-state index < -0.39 is 8.32 Å². The molecule has 0 atom stereocenters. The number of nitrogens with two attached hydrogens (primary N) is 1. The van der Waals surface area contributed by atoms with Gasteiger partial charge in [-0.15, -0.1) is 0 Å². The molecule has 0 aliphatic rings. The number of benzene rings is 1. The molecule has 0 saturated heterocycles. The van der Waals surface area contributed by atoms with Crippen molar-refractivity contribution in [1.82, 2.24) is 0 Å². The van der Waals surface area contributed by atoms with Crippen LogP contribution in [0.15, 0.2) is 12.1 Å². The smallest absolute Gasteiger partial charge is 0.250 e. The Kier molecular flexibility index (Phi) is 3.84. The van der Waals surface area contributed by atoms with Gasteiger partial charge in [-0.2, -0.15) is 0 Å². The monoisotopic (exact) mass is 271 g/mol. The molecule has 0 radical (unpaired) electrons. The predicted molar refractivity (Wildman–Crippen MR) is 78.4 cm³/mol. The van der Waals surface area contributed by atoms with E-state index in [9.17, 15) is 0 Å². The maximum Gasteiger partial charge on any atom is 0.250 e. The zero-order valence-electron chi connectivity index (χ0n) is 11.5. The van der Waals surface area contributed by atoms with Crippen LogP contribution in [0.3, 0.4) is 0 Å². The van der Waals surface area contributed by atoms with Gasteiger partial charge in [0, 0.05) is 5.56 Å². The molecule has 0 heterocycles. The number of halogens is 1. The normalized spacial score (nSPS) is 12.6. The first-order valence-corrected chi connectivity index (χ1v) is 9.08. The van der Waals surface area contributed by atoms with E-state index in [2.05, 4.69) is 33.9 Å². The number of hydrogen-bond donors (Lipinski definition) is 1. The third-order valence-corrected chi connectivity index (χ3v) is 8.26. The van der Waals surface area contributed by atoms with Crippen molar-refractivity contribution in [1.29, 1.82) is 0 Å². The molecule has 2 nitrogen and oxygen atoms in total. The minimum Gasteiger partial charge on any atom is -0.543 e. The van der Waals surface area contributed by atoms with Crippen molar-refractivity contribution in [2.75, 3.05) is 5.73 Å². The lowest BCUT2D eigenvalue weighted by atomic mass is 10.2. The topological polar surface area (TPSA) is 35.2 Å². The van der Waals surface area contributed by atoms with Crippen LogP contribution in [-0.2, 0) is 0 Å². The van der Waals surface area contributed by atoms with Crippen molar-refractivity contribution in [3.8, 4) is 5.75 Å². The number of anilines is 1. The summed E-state index contributed by atoms with van der Waals surface area (Å²) in [5.74, 6) is 0.860. The summed E-state index contributed by atoms with van der Waals surface area (Å²) in [5.41, 5.74) is 7.46. The van der Waals surface area contributed by atoms with Crippen molar-refractivity contribution in [3.63, 3.8) is 0 Å². The van der Waals surface area contributed by atoms with Gasteiger partial charge in [0.25, 0.3) is 0 Å². The Bertz CT molecular complexity index is 424. The molecule has 2 N–H and O–H groups in total. The third-order valence-electron chi connectivity index (χ3n) is 3.58. The molecule has 17 heavy (non-hydrogen) atoms. The van der Waals surface area contributed by atoms with Crippen molar-refractivity contribution < 1.29 is 4.43 Å². The highest BCUT2D eigenvalue weighted by atomic mass is 35.5. The molecule has 0 aliphatic carbocycles. The average molecular weight is 272 g/mol. The molecule has 4 heteroatoms. The van der Waals surface area contributed by atoms with Crippen molar-refractivity contribution in [2.24, 2.45) is 0 Å². The molecule has 0 amide bonds. The van der Waals surface area contributed by atoms with E-state index in [0.717, 1.165) is 11.3 Å². The molecule has 1 rings (SSSR count). The summed E-state index contributed by atoms with van der Waals surface area (Å²) >= 11 is 5.98. The average Bonchev–Trinajstić information content (AvgIpc) is 2.17. The zero-order valence-corrected chi connectivity index (χ0v) is 13.3. The second kappa shape index (κ2) is 4.54. The molecule has 0 bridgehead atoms. The van der Waals surface area contributed by atoms with E-state index in [1.54, 1.807) is 6.07 Å². The second-order valence-electron chi connectivity index (χ2n) is 5.95. The Balaban J connectivity index is 3.09. The molecule has 0 aromatic heterocycles. The van der Waals surface area contributed by atoms with E-state index in [1.807, 2.05) is 13.0 Å². The van der Waals surface area contributed by atoms with E-state index in [4.69, 9.17) is 21.8 Å². The van der Waals surface area contributed by atoms with Crippen molar-refractivity contribution >= 4 is 25.6 Å². The maximum atomic E-state index is 6.23. The van der Waals surface area contributed by atoms with Gasteiger partial charge < -0.3 is 10.2 Å². The van der Waals surface area contributed by atoms with E-state index in [0.29, 0.717) is 10.7 Å². The Morgan fingerprint density at radius 3 is 2.24 bits per heavy atom. The van der Waals surface area contributed by atoms with Crippen LogP contribution in [0, 0.1) is 6.92 Å². The molecule has 0 aliphatic heterocycles. The number of nitrogen functional groups attached to an aromatic ring is 1. The van der Waals surface area contributed by atoms with Crippen LogP contribution < -0.4 is 10.2 Å². The van der Waals surface area contributed by atoms with Gasteiger partial charge in [-0.3, -0.25) is 0 Å².